The van der Waals surface area contributed by atoms with Gasteiger partial charge in [0.05, 0.1) is 5.69 Å². The minimum atomic E-state index is -0.804. The first-order valence-corrected chi connectivity index (χ1v) is 12.5. The van der Waals surface area contributed by atoms with Gasteiger partial charge in [-0.3, -0.25) is 14.9 Å². The van der Waals surface area contributed by atoms with Crippen molar-refractivity contribution in [3.8, 4) is 0 Å². The number of fused-ring (bicyclic) bond motifs is 2. The molecule has 186 valence electrons. The normalized spacial score (nSPS) is 15.1. The Morgan fingerprint density at radius 2 is 1.63 bits per heavy atom. The van der Waals surface area contributed by atoms with Crippen LogP contribution in [0.2, 0.25) is 5.02 Å². The van der Waals surface area contributed by atoms with E-state index in [-0.39, 0.29) is 5.57 Å². The van der Waals surface area contributed by atoms with Crippen molar-refractivity contribution >= 4 is 62.9 Å². The molecule has 6 rings (SSSR count). The number of hydrogen-bond donors (Lipinski definition) is 1. The molecule has 7 heteroatoms. The molecule has 0 radical (unpaired) electrons. The van der Waals surface area contributed by atoms with E-state index in [1.807, 2.05) is 42.6 Å². The zero-order valence-electron chi connectivity index (χ0n) is 20.4. The Labute approximate surface area is 223 Å². The van der Waals surface area contributed by atoms with Crippen LogP contribution in [0.25, 0.3) is 27.8 Å². The SMILES string of the molecule is Cc1c(Cl)cccc1N1C(=O)NC(=O)/C(=C\c2cn(Cc3ccc4ccccc4c3)c3ccccc23)C1=O. The average Bonchev–Trinajstić information content (AvgIpc) is 3.25. The molecule has 1 aliphatic rings. The van der Waals surface area contributed by atoms with E-state index in [4.69, 9.17) is 11.6 Å². The number of para-hydroxylation sites is 1. The van der Waals surface area contributed by atoms with Crippen molar-refractivity contribution in [3.05, 3.63) is 118 Å². The first kappa shape index (κ1) is 23.7. The molecule has 2 heterocycles. The summed E-state index contributed by atoms with van der Waals surface area (Å²) < 4.78 is 2.10. The minimum absolute atomic E-state index is 0.127. The van der Waals surface area contributed by atoms with Crippen LogP contribution >= 0.6 is 11.6 Å². The predicted octanol–water partition coefficient (Wildman–Crippen LogP) is 6.47. The summed E-state index contributed by atoms with van der Waals surface area (Å²) in [6, 6.07) is 26.6. The molecule has 1 saturated heterocycles. The van der Waals surface area contributed by atoms with Gasteiger partial charge in [-0.1, -0.05) is 72.3 Å². The number of aromatic nitrogens is 1. The van der Waals surface area contributed by atoms with E-state index in [0.29, 0.717) is 28.4 Å². The fourth-order valence-electron chi connectivity index (χ4n) is 4.92. The molecule has 1 fully saturated rings. The molecule has 4 aromatic carbocycles. The zero-order chi connectivity index (χ0) is 26.4. The van der Waals surface area contributed by atoms with E-state index in [1.165, 1.54) is 5.39 Å². The van der Waals surface area contributed by atoms with Crippen LogP contribution in [-0.2, 0) is 16.1 Å². The zero-order valence-corrected chi connectivity index (χ0v) is 21.2. The van der Waals surface area contributed by atoms with Crippen LogP contribution in [0.1, 0.15) is 16.7 Å². The minimum Gasteiger partial charge on any atom is -0.342 e. The number of nitrogens with one attached hydrogen (secondary N) is 1. The van der Waals surface area contributed by atoms with E-state index in [2.05, 4.69) is 40.2 Å². The molecule has 5 aromatic rings. The van der Waals surface area contributed by atoms with Gasteiger partial charge in [-0.15, -0.1) is 0 Å². The monoisotopic (exact) mass is 519 g/mol. The van der Waals surface area contributed by atoms with Crippen molar-refractivity contribution < 1.29 is 14.4 Å². The lowest BCUT2D eigenvalue weighted by Crippen LogP contribution is -2.54. The fourth-order valence-corrected chi connectivity index (χ4v) is 5.09. The lowest BCUT2D eigenvalue weighted by atomic mass is 10.1. The maximum atomic E-state index is 13.5. The molecular weight excluding hydrogens is 498 g/mol. The summed E-state index contributed by atoms with van der Waals surface area (Å²) in [7, 11) is 0. The van der Waals surface area contributed by atoms with Gasteiger partial charge in [0.25, 0.3) is 11.8 Å². The summed E-state index contributed by atoms with van der Waals surface area (Å²) in [5, 5.41) is 5.94. The lowest BCUT2D eigenvalue weighted by Gasteiger charge is -2.27. The Balaban J connectivity index is 1.41. The van der Waals surface area contributed by atoms with E-state index in [9.17, 15) is 14.4 Å². The van der Waals surface area contributed by atoms with Gasteiger partial charge in [0.2, 0.25) is 0 Å². The maximum Gasteiger partial charge on any atom is 0.335 e. The third-order valence-corrected chi connectivity index (χ3v) is 7.28. The number of urea groups is 1. The highest BCUT2D eigenvalue weighted by Crippen LogP contribution is 2.31. The molecule has 0 spiro atoms. The van der Waals surface area contributed by atoms with Gasteiger partial charge in [-0.05, 0) is 59.2 Å². The Morgan fingerprint density at radius 1 is 0.868 bits per heavy atom. The topological polar surface area (TPSA) is 71.4 Å². The number of halogens is 1. The first-order valence-electron chi connectivity index (χ1n) is 12.1. The number of barbiturate groups is 1. The standard InChI is InChI=1S/C31H22ClN3O3/c1-19-26(32)10-6-12-27(19)35-30(37)25(29(36)33-31(35)38)16-23-18-34(28-11-5-4-9-24(23)28)17-20-13-14-21-7-2-3-8-22(21)15-20/h2-16,18H,17H2,1H3,(H,33,36,38)/b25-16+. The van der Waals surface area contributed by atoms with Crippen molar-refractivity contribution in [1.29, 1.82) is 0 Å². The number of benzene rings is 4. The molecule has 0 unspecified atom stereocenters. The number of imide groups is 2. The quantitative estimate of drug-likeness (QED) is 0.218. The molecule has 0 bridgehead atoms. The van der Waals surface area contributed by atoms with Crippen LogP contribution in [0.4, 0.5) is 10.5 Å². The smallest absolute Gasteiger partial charge is 0.335 e. The van der Waals surface area contributed by atoms with Crippen LogP contribution in [0.3, 0.4) is 0 Å². The Kier molecular flexibility index (Phi) is 5.81. The van der Waals surface area contributed by atoms with Gasteiger partial charge < -0.3 is 4.57 Å². The molecular formula is C31H22ClN3O3. The summed E-state index contributed by atoms with van der Waals surface area (Å²) in [6.45, 7) is 2.33. The van der Waals surface area contributed by atoms with Crippen LogP contribution in [0, 0.1) is 6.92 Å². The maximum absolute atomic E-state index is 13.5. The highest BCUT2D eigenvalue weighted by atomic mass is 35.5. The van der Waals surface area contributed by atoms with Crippen LogP contribution in [0.15, 0.2) is 96.7 Å². The average molecular weight is 520 g/mol. The lowest BCUT2D eigenvalue weighted by molar-refractivity contribution is -0.122. The molecule has 1 N–H and O–H groups in total. The Morgan fingerprint density at radius 3 is 2.47 bits per heavy atom. The molecule has 1 aliphatic heterocycles. The van der Waals surface area contributed by atoms with Crippen molar-refractivity contribution in [2.45, 2.75) is 13.5 Å². The summed E-state index contributed by atoms with van der Waals surface area (Å²) >= 11 is 6.24. The number of nitrogens with zero attached hydrogens (tertiary/aromatic N) is 2. The second-order valence-electron chi connectivity index (χ2n) is 9.25. The highest BCUT2D eigenvalue weighted by Gasteiger charge is 2.37. The summed E-state index contributed by atoms with van der Waals surface area (Å²) in [5.74, 6) is -1.43. The third-order valence-electron chi connectivity index (χ3n) is 6.87. The number of hydrogen-bond acceptors (Lipinski definition) is 3. The first-order chi connectivity index (χ1) is 18.4. The Bertz CT molecular complexity index is 1820. The predicted molar refractivity (Wildman–Crippen MR) is 150 cm³/mol. The van der Waals surface area contributed by atoms with Gasteiger partial charge in [-0.2, -0.15) is 0 Å². The van der Waals surface area contributed by atoms with Crippen molar-refractivity contribution in [3.63, 3.8) is 0 Å². The summed E-state index contributed by atoms with van der Waals surface area (Å²) in [4.78, 5) is 40.0. The summed E-state index contributed by atoms with van der Waals surface area (Å²) in [6.07, 6.45) is 3.48. The molecule has 6 nitrogen and oxygen atoms in total. The van der Waals surface area contributed by atoms with Gasteiger partial charge in [0.1, 0.15) is 5.57 Å². The van der Waals surface area contributed by atoms with Crippen molar-refractivity contribution in [2.75, 3.05) is 4.90 Å². The molecule has 0 atom stereocenters. The molecule has 0 aliphatic carbocycles. The molecule has 4 amide bonds. The largest absolute Gasteiger partial charge is 0.342 e. The number of anilines is 1. The van der Waals surface area contributed by atoms with Gasteiger partial charge in [0.15, 0.2) is 0 Å². The van der Waals surface area contributed by atoms with Gasteiger partial charge in [0, 0.05) is 34.2 Å². The molecule has 38 heavy (non-hydrogen) atoms. The van der Waals surface area contributed by atoms with E-state index in [1.54, 1.807) is 31.2 Å². The third kappa shape index (κ3) is 4.05. The second-order valence-corrected chi connectivity index (χ2v) is 9.66. The number of amides is 4. The highest BCUT2D eigenvalue weighted by molar-refractivity contribution is 6.40. The summed E-state index contributed by atoms with van der Waals surface area (Å²) in [5.41, 5.74) is 3.57. The van der Waals surface area contributed by atoms with E-state index in [0.717, 1.165) is 26.8 Å². The van der Waals surface area contributed by atoms with Crippen LogP contribution in [-0.4, -0.2) is 22.4 Å². The molecule has 0 saturated carbocycles. The molecule has 1 aromatic heterocycles. The Hall–Kier alpha value is -4.68. The van der Waals surface area contributed by atoms with E-state index >= 15 is 0 Å². The van der Waals surface area contributed by atoms with Crippen LogP contribution in [0.5, 0.6) is 0 Å². The fraction of sp³-hybridized carbons (Fsp3) is 0.0645. The number of rotatable bonds is 4. The second kappa shape index (κ2) is 9.32. The number of carbonyl (C=O) groups is 3. The van der Waals surface area contributed by atoms with Crippen molar-refractivity contribution in [2.24, 2.45) is 0 Å². The number of carbonyl (C=O) groups excluding carboxylic acids is 3. The van der Waals surface area contributed by atoms with Gasteiger partial charge >= 0.3 is 6.03 Å². The van der Waals surface area contributed by atoms with Crippen LogP contribution < -0.4 is 10.2 Å². The van der Waals surface area contributed by atoms with Crippen molar-refractivity contribution in [1.82, 2.24) is 9.88 Å². The van der Waals surface area contributed by atoms with Gasteiger partial charge in [-0.25, -0.2) is 9.69 Å². The van der Waals surface area contributed by atoms with E-state index < -0.39 is 17.8 Å².